The van der Waals surface area contributed by atoms with E-state index < -0.39 is 11.7 Å². The topological polar surface area (TPSA) is 23.8 Å². The van der Waals surface area contributed by atoms with Crippen LogP contribution in [-0.2, 0) is 0 Å². The van der Waals surface area contributed by atoms with Crippen molar-refractivity contribution in [2.45, 2.75) is 18.0 Å². The van der Waals surface area contributed by atoms with E-state index in [1.165, 1.54) is 6.08 Å². The molecule has 0 radical (unpaired) electrons. The number of allylic oxidation sites excluding steroid dienone is 1. The Labute approximate surface area is 143 Å². The first-order chi connectivity index (χ1) is 11.3. The van der Waals surface area contributed by atoms with Crippen molar-refractivity contribution in [3.05, 3.63) is 82.3 Å². The molecular formula is C19H14F3NS. The molecule has 5 heteroatoms. The molecule has 0 aliphatic rings. The minimum atomic E-state index is -4.50. The molecule has 2 rings (SSSR count). The molecule has 0 N–H and O–H groups in total. The van der Waals surface area contributed by atoms with Crippen LogP contribution < -0.4 is 0 Å². The van der Waals surface area contributed by atoms with Crippen molar-refractivity contribution >= 4 is 17.8 Å². The molecule has 0 unspecified atom stereocenters. The summed E-state index contributed by atoms with van der Waals surface area (Å²) in [6, 6.07) is 15.6. The second-order valence-corrected chi connectivity index (χ2v) is 6.25. The summed E-state index contributed by atoms with van der Waals surface area (Å²) in [5, 5.41) is 8.79. The third-order valence-electron chi connectivity index (χ3n) is 3.23. The van der Waals surface area contributed by atoms with E-state index in [4.69, 9.17) is 5.26 Å². The molecule has 0 fully saturated rings. The highest BCUT2D eigenvalue weighted by Crippen LogP contribution is 2.40. The number of nitrogens with zero attached hydrogens (tertiary/aromatic N) is 1. The second-order valence-electron chi connectivity index (χ2n) is 5.13. The van der Waals surface area contributed by atoms with E-state index in [-0.39, 0.29) is 4.91 Å². The number of nitriles is 1. The number of hydrogen-bond donors (Lipinski definition) is 0. The molecule has 0 spiro atoms. The second kappa shape index (κ2) is 7.41. The SMILES string of the molecule is C=C(/C(=C\c1ccc(C#N)cc1)Sc1ccc(C)cc1)C(F)(F)F. The maximum absolute atomic E-state index is 13.1. The maximum Gasteiger partial charge on any atom is 0.416 e. The minimum absolute atomic E-state index is 0.0241. The van der Waals surface area contributed by atoms with Crippen LogP contribution in [0.1, 0.15) is 16.7 Å². The molecule has 2 aromatic rings. The van der Waals surface area contributed by atoms with Gasteiger partial charge in [-0.25, -0.2) is 0 Å². The van der Waals surface area contributed by atoms with Crippen LogP contribution in [-0.4, -0.2) is 6.18 Å². The summed E-state index contributed by atoms with van der Waals surface area (Å²) in [5.41, 5.74) is 1.17. The number of benzene rings is 2. The van der Waals surface area contributed by atoms with E-state index in [9.17, 15) is 13.2 Å². The highest BCUT2D eigenvalue weighted by Gasteiger charge is 2.34. The molecule has 2 aromatic carbocycles. The maximum atomic E-state index is 13.1. The van der Waals surface area contributed by atoms with Crippen LogP contribution in [0.4, 0.5) is 13.2 Å². The zero-order valence-corrected chi connectivity index (χ0v) is 13.7. The van der Waals surface area contributed by atoms with Gasteiger partial charge in [0.25, 0.3) is 0 Å². The zero-order chi connectivity index (χ0) is 17.7. The van der Waals surface area contributed by atoms with Crippen LogP contribution in [0.25, 0.3) is 6.08 Å². The van der Waals surface area contributed by atoms with E-state index in [2.05, 4.69) is 6.58 Å². The average Bonchev–Trinajstić information content (AvgIpc) is 2.55. The van der Waals surface area contributed by atoms with Gasteiger partial charge in [-0.1, -0.05) is 48.2 Å². The lowest BCUT2D eigenvalue weighted by molar-refractivity contribution is -0.0880. The number of halogens is 3. The first-order valence-corrected chi connectivity index (χ1v) is 7.84. The van der Waals surface area contributed by atoms with Gasteiger partial charge >= 0.3 is 6.18 Å². The molecule has 0 aliphatic heterocycles. The fraction of sp³-hybridized carbons (Fsp3) is 0.105. The standard InChI is InChI=1S/C19H14F3NS/c1-13-3-9-17(10-4-13)24-18(14(2)19(20,21)22)11-15-5-7-16(12-23)8-6-15/h3-11H,2H2,1H3/b18-11+. The van der Waals surface area contributed by atoms with E-state index in [0.717, 1.165) is 17.3 Å². The van der Waals surface area contributed by atoms with E-state index in [1.807, 2.05) is 25.1 Å². The van der Waals surface area contributed by atoms with Crippen LogP contribution in [0.3, 0.4) is 0 Å². The summed E-state index contributed by atoms with van der Waals surface area (Å²) < 4.78 is 39.3. The number of hydrogen-bond acceptors (Lipinski definition) is 2. The number of rotatable bonds is 4. The monoisotopic (exact) mass is 345 g/mol. The summed E-state index contributed by atoms with van der Waals surface area (Å²) in [7, 11) is 0. The van der Waals surface area contributed by atoms with Crippen molar-refractivity contribution in [3.8, 4) is 6.07 Å². The zero-order valence-electron chi connectivity index (χ0n) is 12.9. The quantitative estimate of drug-likeness (QED) is 0.492. The van der Waals surface area contributed by atoms with Gasteiger partial charge in [-0.2, -0.15) is 18.4 Å². The molecule has 0 aromatic heterocycles. The third-order valence-corrected chi connectivity index (χ3v) is 4.32. The lowest BCUT2D eigenvalue weighted by atomic mass is 10.1. The largest absolute Gasteiger partial charge is 0.416 e. The Bertz CT molecular complexity index is 794. The van der Waals surface area contributed by atoms with E-state index in [0.29, 0.717) is 16.0 Å². The Balaban J connectivity index is 2.38. The molecule has 122 valence electrons. The van der Waals surface area contributed by atoms with Crippen molar-refractivity contribution in [2.24, 2.45) is 0 Å². The fourth-order valence-electron chi connectivity index (χ4n) is 1.86. The fourth-order valence-corrected chi connectivity index (χ4v) is 2.82. The first kappa shape index (κ1) is 17.9. The molecule has 24 heavy (non-hydrogen) atoms. The number of aryl methyl sites for hydroxylation is 1. The van der Waals surface area contributed by atoms with Gasteiger partial charge in [0.2, 0.25) is 0 Å². The Morgan fingerprint density at radius 3 is 2.17 bits per heavy atom. The van der Waals surface area contributed by atoms with Crippen molar-refractivity contribution in [1.29, 1.82) is 5.26 Å². The Hall–Kier alpha value is -2.45. The van der Waals surface area contributed by atoms with E-state index >= 15 is 0 Å². The first-order valence-electron chi connectivity index (χ1n) is 7.02. The predicted octanol–water partition coefficient (Wildman–Crippen LogP) is 6.12. The third kappa shape index (κ3) is 4.77. The molecule has 0 aliphatic carbocycles. The van der Waals surface area contributed by atoms with Gasteiger partial charge in [0, 0.05) is 9.80 Å². The van der Waals surface area contributed by atoms with Gasteiger partial charge in [-0.3, -0.25) is 0 Å². The van der Waals surface area contributed by atoms with Crippen molar-refractivity contribution in [2.75, 3.05) is 0 Å². The molecule has 0 saturated heterocycles. The molecule has 0 saturated carbocycles. The predicted molar refractivity (Wildman–Crippen MR) is 91.4 cm³/mol. The van der Waals surface area contributed by atoms with E-state index in [1.54, 1.807) is 36.4 Å². The molecule has 0 bridgehead atoms. The summed E-state index contributed by atoms with van der Waals surface area (Å²) >= 11 is 1.01. The van der Waals surface area contributed by atoms with Gasteiger partial charge in [-0.05, 0) is 42.8 Å². The Morgan fingerprint density at radius 2 is 1.67 bits per heavy atom. The van der Waals surface area contributed by atoms with Gasteiger partial charge in [0.15, 0.2) is 0 Å². The lowest BCUT2D eigenvalue weighted by Gasteiger charge is -2.14. The number of thioether (sulfide) groups is 1. The van der Waals surface area contributed by atoms with Gasteiger partial charge in [0.05, 0.1) is 17.2 Å². The molecular weight excluding hydrogens is 331 g/mol. The van der Waals surface area contributed by atoms with Crippen molar-refractivity contribution < 1.29 is 13.2 Å². The highest BCUT2D eigenvalue weighted by molar-refractivity contribution is 8.03. The van der Waals surface area contributed by atoms with Gasteiger partial charge in [0.1, 0.15) is 0 Å². The van der Waals surface area contributed by atoms with Crippen LogP contribution >= 0.6 is 11.8 Å². The molecule has 1 nitrogen and oxygen atoms in total. The Morgan fingerprint density at radius 1 is 1.08 bits per heavy atom. The number of alkyl halides is 3. The smallest absolute Gasteiger partial charge is 0.192 e. The lowest BCUT2D eigenvalue weighted by Crippen LogP contribution is -2.11. The average molecular weight is 345 g/mol. The minimum Gasteiger partial charge on any atom is -0.192 e. The van der Waals surface area contributed by atoms with Crippen LogP contribution in [0.5, 0.6) is 0 Å². The molecule has 0 atom stereocenters. The summed E-state index contributed by atoms with van der Waals surface area (Å²) in [5.74, 6) is 0. The normalized spacial score (nSPS) is 11.9. The Kier molecular flexibility index (Phi) is 5.53. The highest BCUT2D eigenvalue weighted by atomic mass is 32.2. The summed E-state index contributed by atoms with van der Waals surface area (Å²) in [6.07, 6.45) is -3.07. The van der Waals surface area contributed by atoms with Gasteiger partial charge < -0.3 is 0 Å². The van der Waals surface area contributed by atoms with Crippen LogP contribution in [0.2, 0.25) is 0 Å². The summed E-state index contributed by atoms with van der Waals surface area (Å²) in [4.78, 5) is 0.724. The van der Waals surface area contributed by atoms with Crippen molar-refractivity contribution in [1.82, 2.24) is 0 Å². The summed E-state index contributed by atoms with van der Waals surface area (Å²) in [6.45, 7) is 5.12. The van der Waals surface area contributed by atoms with Crippen LogP contribution in [0.15, 0.2) is 70.5 Å². The van der Waals surface area contributed by atoms with Crippen LogP contribution in [0, 0.1) is 18.3 Å². The molecule has 0 heterocycles. The van der Waals surface area contributed by atoms with Crippen molar-refractivity contribution in [3.63, 3.8) is 0 Å². The van der Waals surface area contributed by atoms with Gasteiger partial charge in [-0.15, -0.1) is 0 Å². The molecule has 0 amide bonds.